The second-order valence-electron chi connectivity index (χ2n) is 7.40. The zero-order valence-electron chi connectivity index (χ0n) is 18.3. The minimum absolute atomic E-state index is 0.182. The number of hydrogen-bond acceptors (Lipinski definition) is 6. The van der Waals surface area contributed by atoms with Gasteiger partial charge in [-0.3, -0.25) is 0 Å². The number of rotatable bonds is 7. The van der Waals surface area contributed by atoms with E-state index in [0.29, 0.717) is 22.8 Å². The summed E-state index contributed by atoms with van der Waals surface area (Å²) in [5.74, 6) is 0.329. The summed E-state index contributed by atoms with van der Waals surface area (Å²) in [6.45, 7) is 0. The van der Waals surface area contributed by atoms with Gasteiger partial charge >= 0.3 is 5.97 Å². The van der Waals surface area contributed by atoms with Gasteiger partial charge in [0, 0.05) is 5.56 Å². The van der Waals surface area contributed by atoms with Crippen molar-refractivity contribution < 1.29 is 19.0 Å². The Labute approximate surface area is 191 Å². The van der Waals surface area contributed by atoms with E-state index in [1.54, 1.807) is 20.3 Å². The van der Waals surface area contributed by atoms with Crippen molar-refractivity contribution in [2.24, 2.45) is 21.7 Å². The normalized spacial score (nSPS) is 15.9. The fraction of sp³-hybridized carbons (Fsp3) is 0.160. The molecule has 1 aliphatic heterocycles. The fourth-order valence-electron chi connectivity index (χ4n) is 3.88. The van der Waals surface area contributed by atoms with Gasteiger partial charge < -0.3 is 25.7 Å². The SMILES string of the molecule is COc1ccc(/C(=N/N=C(N)N)[C@@H](c2ccc(OC)cc2)[C@H]2OC(=O)c3ccccc32)cc1. The molecule has 4 N–H and O–H groups in total. The summed E-state index contributed by atoms with van der Waals surface area (Å²) < 4.78 is 16.5. The molecule has 2 atom stereocenters. The average molecular weight is 444 g/mol. The maximum absolute atomic E-state index is 12.7. The molecule has 0 spiro atoms. The molecule has 1 heterocycles. The summed E-state index contributed by atoms with van der Waals surface area (Å²) in [4.78, 5) is 12.7. The quantitative estimate of drug-likeness (QED) is 0.249. The van der Waals surface area contributed by atoms with Gasteiger partial charge in [0.05, 0.1) is 31.4 Å². The summed E-state index contributed by atoms with van der Waals surface area (Å²) in [7, 11) is 3.20. The van der Waals surface area contributed by atoms with Crippen molar-refractivity contribution in [2.45, 2.75) is 12.0 Å². The van der Waals surface area contributed by atoms with Crippen LogP contribution in [0.3, 0.4) is 0 Å². The van der Waals surface area contributed by atoms with Crippen molar-refractivity contribution in [1.82, 2.24) is 0 Å². The van der Waals surface area contributed by atoms with Crippen LogP contribution in [-0.4, -0.2) is 31.9 Å². The number of esters is 1. The molecule has 0 saturated carbocycles. The first kappa shape index (κ1) is 21.9. The van der Waals surface area contributed by atoms with E-state index in [9.17, 15) is 4.79 Å². The Balaban J connectivity index is 1.91. The topological polar surface area (TPSA) is 122 Å². The Morgan fingerprint density at radius 1 is 0.879 bits per heavy atom. The largest absolute Gasteiger partial charge is 0.497 e. The van der Waals surface area contributed by atoms with Crippen molar-refractivity contribution in [3.05, 3.63) is 95.1 Å². The van der Waals surface area contributed by atoms with Crippen molar-refractivity contribution in [3.8, 4) is 11.5 Å². The molecule has 3 aromatic carbocycles. The number of nitrogens with zero attached hydrogens (tertiary/aromatic N) is 2. The molecule has 0 fully saturated rings. The lowest BCUT2D eigenvalue weighted by molar-refractivity contribution is 0.0368. The van der Waals surface area contributed by atoms with Crippen LogP contribution < -0.4 is 20.9 Å². The Bertz CT molecular complexity index is 1200. The van der Waals surface area contributed by atoms with Crippen molar-refractivity contribution in [2.75, 3.05) is 14.2 Å². The highest BCUT2D eigenvalue weighted by Crippen LogP contribution is 2.43. The maximum Gasteiger partial charge on any atom is 0.339 e. The first-order valence-electron chi connectivity index (χ1n) is 10.3. The predicted octanol–water partition coefficient (Wildman–Crippen LogP) is 3.38. The third-order valence-corrected chi connectivity index (χ3v) is 5.45. The van der Waals surface area contributed by atoms with E-state index in [0.717, 1.165) is 16.7 Å². The van der Waals surface area contributed by atoms with E-state index in [1.807, 2.05) is 66.7 Å². The summed E-state index contributed by atoms with van der Waals surface area (Å²) in [5, 5.41) is 8.34. The van der Waals surface area contributed by atoms with Crippen LogP contribution in [0, 0.1) is 0 Å². The molecular weight excluding hydrogens is 420 g/mol. The summed E-state index contributed by atoms with van der Waals surface area (Å²) in [6.07, 6.45) is -0.628. The van der Waals surface area contributed by atoms with Crippen molar-refractivity contribution in [1.29, 1.82) is 0 Å². The van der Waals surface area contributed by atoms with Crippen LogP contribution in [0.25, 0.3) is 0 Å². The molecular formula is C25H24N4O4. The molecule has 8 heteroatoms. The molecule has 0 unspecified atom stereocenters. The van der Waals surface area contributed by atoms with Gasteiger partial charge in [-0.1, -0.05) is 30.3 Å². The fourth-order valence-corrected chi connectivity index (χ4v) is 3.88. The van der Waals surface area contributed by atoms with Gasteiger partial charge in [0.25, 0.3) is 0 Å². The van der Waals surface area contributed by atoms with E-state index in [-0.39, 0.29) is 11.9 Å². The molecule has 4 rings (SSSR count). The van der Waals surface area contributed by atoms with Crippen LogP contribution in [-0.2, 0) is 4.74 Å². The number of cyclic esters (lactones) is 1. The lowest BCUT2D eigenvalue weighted by Gasteiger charge is -2.25. The highest BCUT2D eigenvalue weighted by Gasteiger charge is 2.40. The lowest BCUT2D eigenvalue weighted by Crippen LogP contribution is -2.24. The second-order valence-corrected chi connectivity index (χ2v) is 7.40. The van der Waals surface area contributed by atoms with Gasteiger partial charge in [0.1, 0.15) is 17.6 Å². The Kier molecular flexibility index (Phi) is 6.26. The molecule has 0 radical (unpaired) electrons. The van der Waals surface area contributed by atoms with E-state index in [1.165, 1.54) is 0 Å². The molecule has 8 nitrogen and oxygen atoms in total. The van der Waals surface area contributed by atoms with E-state index in [4.69, 9.17) is 25.7 Å². The third kappa shape index (κ3) is 4.50. The van der Waals surface area contributed by atoms with Crippen LogP contribution in [0.15, 0.2) is 83.0 Å². The molecule has 0 bridgehead atoms. The van der Waals surface area contributed by atoms with Crippen LogP contribution in [0.5, 0.6) is 11.5 Å². The predicted molar refractivity (Wildman–Crippen MR) is 126 cm³/mol. The second kappa shape index (κ2) is 9.44. The number of carbonyl (C=O) groups excluding carboxylic acids is 1. The highest BCUT2D eigenvalue weighted by atomic mass is 16.5. The van der Waals surface area contributed by atoms with Crippen molar-refractivity contribution >= 4 is 17.6 Å². The Morgan fingerprint density at radius 2 is 1.48 bits per heavy atom. The van der Waals surface area contributed by atoms with Crippen LogP contribution in [0.1, 0.15) is 39.1 Å². The minimum Gasteiger partial charge on any atom is -0.497 e. The third-order valence-electron chi connectivity index (χ3n) is 5.45. The zero-order chi connectivity index (χ0) is 23.4. The lowest BCUT2D eigenvalue weighted by atomic mass is 9.82. The number of carbonyl (C=O) groups is 1. The first-order valence-corrected chi connectivity index (χ1v) is 10.3. The van der Waals surface area contributed by atoms with Gasteiger partial charge in [0.15, 0.2) is 0 Å². The summed E-state index contributed by atoms with van der Waals surface area (Å²) in [5.41, 5.74) is 14.6. The minimum atomic E-state index is -0.628. The molecule has 0 aliphatic carbocycles. The van der Waals surface area contributed by atoms with Gasteiger partial charge in [-0.15, -0.1) is 5.10 Å². The number of benzene rings is 3. The number of nitrogens with two attached hydrogens (primary N) is 2. The van der Waals surface area contributed by atoms with Crippen LogP contribution in [0.4, 0.5) is 0 Å². The van der Waals surface area contributed by atoms with Gasteiger partial charge in [-0.2, -0.15) is 5.10 Å². The van der Waals surface area contributed by atoms with Gasteiger partial charge in [0.2, 0.25) is 5.96 Å². The number of methoxy groups -OCH3 is 2. The number of ether oxygens (including phenoxy) is 3. The van der Waals surface area contributed by atoms with Gasteiger partial charge in [-0.05, 0) is 53.6 Å². The summed E-state index contributed by atoms with van der Waals surface area (Å²) in [6, 6.07) is 22.2. The summed E-state index contributed by atoms with van der Waals surface area (Å²) >= 11 is 0. The number of guanidine groups is 1. The van der Waals surface area contributed by atoms with Crippen molar-refractivity contribution in [3.63, 3.8) is 0 Å². The molecule has 168 valence electrons. The average Bonchev–Trinajstić information content (AvgIpc) is 3.18. The zero-order valence-corrected chi connectivity index (χ0v) is 18.3. The van der Waals surface area contributed by atoms with E-state index in [2.05, 4.69) is 10.2 Å². The Morgan fingerprint density at radius 3 is 2.09 bits per heavy atom. The smallest absolute Gasteiger partial charge is 0.339 e. The molecule has 0 aromatic heterocycles. The van der Waals surface area contributed by atoms with E-state index >= 15 is 0 Å². The molecule has 1 aliphatic rings. The standard InChI is InChI=1S/C25H24N4O4/c1-31-17-11-7-15(8-12-17)21(23-19-5-3-4-6-20(19)24(30)33-23)22(28-29-25(26)27)16-9-13-18(32-2)14-10-16/h3-14,21,23H,1-2H3,(H4,26,27,29)/b28-22-/t21-,23+/m1/s1. The number of fused-ring (bicyclic) bond motifs is 1. The number of hydrogen-bond donors (Lipinski definition) is 2. The molecule has 0 amide bonds. The molecule has 33 heavy (non-hydrogen) atoms. The first-order chi connectivity index (χ1) is 16.0. The Hall–Kier alpha value is -4.33. The monoisotopic (exact) mass is 444 g/mol. The maximum atomic E-state index is 12.7. The van der Waals surface area contributed by atoms with E-state index < -0.39 is 12.0 Å². The van der Waals surface area contributed by atoms with Crippen LogP contribution in [0.2, 0.25) is 0 Å². The molecule has 0 saturated heterocycles. The molecule has 3 aromatic rings. The highest BCUT2D eigenvalue weighted by molar-refractivity contribution is 6.07. The van der Waals surface area contributed by atoms with Gasteiger partial charge in [-0.25, -0.2) is 4.79 Å². The van der Waals surface area contributed by atoms with Crippen LogP contribution >= 0.6 is 0 Å².